The fourth-order valence-electron chi connectivity index (χ4n) is 11.1. The number of amides is 2. The first kappa shape index (κ1) is 45.6. The van der Waals surface area contributed by atoms with Gasteiger partial charge in [0.15, 0.2) is 6.29 Å². The molecule has 5 fully saturated rings. The molecule has 0 aromatic heterocycles. The number of methoxy groups -OCH3 is 1. The molecule has 0 aromatic carbocycles. The van der Waals surface area contributed by atoms with Gasteiger partial charge in [-0.25, -0.2) is 0 Å². The largest absolute Gasteiger partial charge is 0.396 e. The van der Waals surface area contributed by atoms with Gasteiger partial charge in [0.2, 0.25) is 0 Å². The zero-order valence-corrected chi connectivity index (χ0v) is 34.0. The van der Waals surface area contributed by atoms with Gasteiger partial charge < -0.3 is 50.2 Å². The molecule has 2 amide bonds. The lowest BCUT2D eigenvalue weighted by Crippen LogP contribution is -2.94. The van der Waals surface area contributed by atoms with Crippen LogP contribution in [0.3, 0.4) is 0 Å². The number of ketones is 2. The number of hydrogen-bond acceptors (Lipinski definition) is 14. The Balaban J connectivity index is 1.23. The average Bonchev–Trinajstić information content (AvgIpc) is 3.54. The second-order valence-corrected chi connectivity index (χ2v) is 17.6. The number of nitrogens with one attached hydrogen (secondary N) is 2. The number of nitrogens with zero attached hydrogens (tertiary/aromatic N) is 1. The number of nitrogens with two attached hydrogens (primary N) is 3. The molecule has 17 unspecified atom stereocenters. The van der Waals surface area contributed by atoms with Crippen molar-refractivity contribution in [2.75, 3.05) is 47.0 Å². The van der Waals surface area contributed by atoms with E-state index in [1.165, 1.54) is 7.11 Å². The number of Topliss-reactive ketones (excluding diaryl/α,β-unsaturated/α-hetero) is 2. The van der Waals surface area contributed by atoms with Crippen molar-refractivity contribution < 1.29 is 74.3 Å². The van der Waals surface area contributed by atoms with Gasteiger partial charge in [0.1, 0.15) is 41.6 Å². The summed E-state index contributed by atoms with van der Waals surface area (Å²) in [5.41, 5.74) is 9.96. The summed E-state index contributed by atoms with van der Waals surface area (Å²) < 4.78 is 18.2. The van der Waals surface area contributed by atoms with Gasteiger partial charge in [-0.05, 0) is 56.3 Å². The molecule has 0 spiro atoms. The SMILES string of the molecule is C[NH+]=C(N)NCC1C(CCCCO)CC2C(=O)C3CC(OC)CC(OC4OC(CO)C(O)(CC(CN5C(=O)C=CC5=O)C5CC[NH2+]C(N)C5)C(O)C4O)C3C(=O)C2C1O. The molecular formula is C40H66N6O13+2. The van der Waals surface area contributed by atoms with E-state index in [1.807, 2.05) is 5.32 Å². The maximum absolute atomic E-state index is 14.7. The Labute approximate surface area is 343 Å². The van der Waals surface area contributed by atoms with Crippen LogP contribution in [-0.2, 0) is 33.4 Å². The van der Waals surface area contributed by atoms with E-state index >= 15 is 0 Å². The highest BCUT2D eigenvalue weighted by Crippen LogP contribution is 2.51. The molecule has 19 nitrogen and oxygen atoms in total. The summed E-state index contributed by atoms with van der Waals surface area (Å²) in [5, 5.41) is 72.7. The molecule has 6 aliphatic rings. The summed E-state index contributed by atoms with van der Waals surface area (Å²) >= 11 is 0. The number of carbonyl (C=O) groups excluding carboxylic acids is 4. The minimum atomic E-state index is -2.28. The number of piperidine rings is 1. The molecule has 6 rings (SSSR count). The van der Waals surface area contributed by atoms with E-state index < -0.39 is 102 Å². The minimum Gasteiger partial charge on any atom is -0.396 e. The zero-order chi connectivity index (χ0) is 42.8. The monoisotopic (exact) mass is 838 g/mol. The molecule has 14 N–H and O–H groups in total. The molecule has 0 bridgehead atoms. The van der Waals surface area contributed by atoms with Gasteiger partial charge in [0, 0.05) is 63.0 Å². The molecule has 3 aliphatic heterocycles. The Morgan fingerprint density at radius 1 is 1.03 bits per heavy atom. The number of imide groups is 1. The van der Waals surface area contributed by atoms with Gasteiger partial charge in [-0.2, -0.15) is 0 Å². The molecule has 332 valence electrons. The highest BCUT2D eigenvalue weighted by atomic mass is 16.7. The third-order valence-corrected chi connectivity index (χ3v) is 14.4. The fraction of sp³-hybridized carbons (Fsp3) is 0.825. The first-order valence-electron chi connectivity index (χ1n) is 21.2. The van der Waals surface area contributed by atoms with Crippen LogP contribution in [0, 0.1) is 47.3 Å². The van der Waals surface area contributed by atoms with Gasteiger partial charge in [0.05, 0.1) is 56.9 Å². The predicted molar refractivity (Wildman–Crippen MR) is 206 cm³/mol. The van der Waals surface area contributed by atoms with Crippen LogP contribution in [0.1, 0.15) is 57.8 Å². The summed E-state index contributed by atoms with van der Waals surface area (Å²) in [7, 11) is 3.13. The third kappa shape index (κ3) is 9.30. The zero-order valence-electron chi connectivity index (χ0n) is 34.0. The molecule has 59 heavy (non-hydrogen) atoms. The average molecular weight is 839 g/mol. The van der Waals surface area contributed by atoms with Crippen LogP contribution in [0.25, 0.3) is 0 Å². The predicted octanol–water partition coefficient (Wildman–Crippen LogP) is -6.07. The van der Waals surface area contributed by atoms with Gasteiger partial charge in [-0.3, -0.25) is 45.9 Å². The summed E-state index contributed by atoms with van der Waals surface area (Å²) in [4.78, 5) is 58.3. The Hall–Kier alpha value is -2.95. The Morgan fingerprint density at radius 2 is 1.75 bits per heavy atom. The van der Waals surface area contributed by atoms with Crippen LogP contribution in [0.2, 0.25) is 0 Å². The molecular weight excluding hydrogens is 772 g/mol. The summed E-state index contributed by atoms with van der Waals surface area (Å²) in [6, 6.07) is 0. The number of guanidine groups is 1. The third-order valence-electron chi connectivity index (χ3n) is 14.4. The first-order valence-corrected chi connectivity index (χ1v) is 21.2. The fourth-order valence-corrected chi connectivity index (χ4v) is 11.1. The maximum atomic E-state index is 14.7. The number of fused-ring (bicyclic) bond motifs is 2. The van der Waals surface area contributed by atoms with Crippen molar-refractivity contribution in [3.05, 3.63) is 12.2 Å². The number of hydrogen-bond donors (Lipinski definition) is 11. The van der Waals surface area contributed by atoms with E-state index in [9.17, 15) is 49.8 Å². The minimum absolute atomic E-state index is 0.0105. The standard InChI is InChI=1S/C40H64N6O13/c1-43-39(42)45-16-25-20(5-3-4-10-47)11-23-32(34(25)52)35(53)31-24(33(23)51)13-22(57-2)14-26(31)58-38-36(54)37(55)40(56,27(18-48)59-38)15-21(19-8-9-44-28(41)12-19)17-46-29(49)6-7-30(46)50/h6-7,19-28,31-32,34,36-38,44,47-48,52,54-56H,3-5,8-18,41H2,1-2H3,(H3,42,43,45)/p+2. The Bertz CT molecular complexity index is 1560. The number of quaternary nitrogens is 1. The Morgan fingerprint density at radius 3 is 2.39 bits per heavy atom. The van der Waals surface area contributed by atoms with Gasteiger partial charge >= 0.3 is 5.96 Å². The van der Waals surface area contributed by atoms with Crippen molar-refractivity contribution in [2.24, 2.45) is 58.8 Å². The van der Waals surface area contributed by atoms with Crippen molar-refractivity contribution in [2.45, 2.75) is 112 Å². The number of ether oxygens (including phenoxy) is 3. The highest BCUT2D eigenvalue weighted by molar-refractivity contribution is 6.12. The number of aliphatic hydroxyl groups is 6. The first-order chi connectivity index (χ1) is 28.2. The van der Waals surface area contributed by atoms with Crippen molar-refractivity contribution in [1.29, 1.82) is 0 Å². The lowest BCUT2D eigenvalue weighted by Gasteiger charge is -2.53. The van der Waals surface area contributed by atoms with Gasteiger partial charge in [-0.15, -0.1) is 0 Å². The molecule has 19 heteroatoms. The van der Waals surface area contributed by atoms with E-state index in [0.717, 1.165) is 17.1 Å². The lowest BCUT2D eigenvalue weighted by atomic mass is 9.53. The maximum Gasteiger partial charge on any atom is 0.340 e. The lowest BCUT2D eigenvalue weighted by molar-refractivity contribution is -0.699. The molecule has 3 saturated carbocycles. The number of carbonyl (C=O) groups is 4. The van der Waals surface area contributed by atoms with Crippen LogP contribution in [0.5, 0.6) is 0 Å². The summed E-state index contributed by atoms with van der Waals surface area (Å²) in [6.07, 6.45) is -4.43. The molecule has 3 heterocycles. The number of unbranched alkanes of at least 4 members (excludes halogenated alkanes) is 1. The number of aliphatic hydroxyl groups excluding tert-OH is 5. The molecule has 0 aromatic rings. The number of rotatable bonds is 15. The van der Waals surface area contributed by atoms with Crippen LogP contribution in [0.15, 0.2) is 12.2 Å². The van der Waals surface area contributed by atoms with E-state index in [0.29, 0.717) is 45.1 Å². The smallest absolute Gasteiger partial charge is 0.340 e. The topological polar surface area (TPSA) is 315 Å². The van der Waals surface area contributed by atoms with Crippen LogP contribution < -0.4 is 27.1 Å². The molecule has 17 atom stereocenters. The van der Waals surface area contributed by atoms with Gasteiger partial charge in [-0.1, -0.05) is 6.42 Å². The second-order valence-electron chi connectivity index (χ2n) is 17.6. The van der Waals surface area contributed by atoms with Crippen molar-refractivity contribution >= 4 is 29.3 Å². The van der Waals surface area contributed by atoms with Crippen LogP contribution in [0.4, 0.5) is 0 Å². The highest BCUT2D eigenvalue weighted by Gasteiger charge is 2.62. The van der Waals surface area contributed by atoms with Gasteiger partial charge in [0.25, 0.3) is 11.8 Å². The summed E-state index contributed by atoms with van der Waals surface area (Å²) in [5.74, 6) is -6.36. The van der Waals surface area contributed by atoms with Crippen LogP contribution in [-0.4, -0.2) is 167 Å². The summed E-state index contributed by atoms with van der Waals surface area (Å²) in [6.45, 7) is -0.0117. The molecule has 0 radical (unpaired) electrons. The molecule has 2 saturated heterocycles. The van der Waals surface area contributed by atoms with Crippen molar-refractivity contribution in [1.82, 2.24) is 10.2 Å². The van der Waals surface area contributed by atoms with E-state index in [1.54, 1.807) is 7.05 Å². The van der Waals surface area contributed by atoms with Crippen LogP contribution >= 0.6 is 0 Å². The quantitative estimate of drug-likeness (QED) is 0.0317. The normalized spacial score (nSPS) is 42.2. The Kier molecular flexibility index (Phi) is 15.0. The van der Waals surface area contributed by atoms with Crippen molar-refractivity contribution in [3.63, 3.8) is 0 Å². The van der Waals surface area contributed by atoms with E-state index in [2.05, 4.69) is 10.3 Å². The van der Waals surface area contributed by atoms with E-state index in [-0.39, 0.29) is 74.5 Å². The van der Waals surface area contributed by atoms with Crippen molar-refractivity contribution in [3.8, 4) is 0 Å². The van der Waals surface area contributed by atoms with E-state index in [4.69, 9.17) is 25.7 Å². The second kappa shape index (κ2) is 19.4. The molecule has 3 aliphatic carbocycles.